The third kappa shape index (κ3) is 7.74. The molecule has 2 rings (SSSR count). The first-order valence-corrected chi connectivity index (χ1v) is 13.1. The number of carbonyl (C=O) groups excluding carboxylic acids is 2. The SMILES string of the molecule is C[C@H](C(=O)NC(C)(C)C)N(Cc1ccc(Br)cc1)C(=O)CN(c1ccccc1F)S(=O)(=O)N(C)C. The van der Waals surface area contributed by atoms with Crippen LogP contribution in [0, 0.1) is 5.82 Å². The molecule has 0 bridgehead atoms. The zero-order chi connectivity index (χ0) is 26.6. The van der Waals surface area contributed by atoms with E-state index in [-0.39, 0.29) is 12.2 Å². The monoisotopic (exact) mass is 570 g/mol. The summed E-state index contributed by atoms with van der Waals surface area (Å²) in [4.78, 5) is 27.8. The van der Waals surface area contributed by atoms with Gasteiger partial charge in [0.05, 0.1) is 5.69 Å². The molecule has 192 valence electrons. The minimum Gasteiger partial charge on any atom is -0.350 e. The Hall–Kier alpha value is -2.50. The maximum absolute atomic E-state index is 14.6. The van der Waals surface area contributed by atoms with Gasteiger partial charge in [0.1, 0.15) is 18.4 Å². The molecule has 1 N–H and O–H groups in total. The lowest BCUT2D eigenvalue weighted by Crippen LogP contribution is -2.55. The maximum atomic E-state index is 14.6. The summed E-state index contributed by atoms with van der Waals surface area (Å²) in [6.45, 7) is 6.40. The van der Waals surface area contributed by atoms with Gasteiger partial charge in [-0.1, -0.05) is 40.2 Å². The van der Waals surface area contributed by atoms with Gasteiger partial charge in [-0.3, -0.25) is 9.59 Å². The third-order valence-electron chi connectivity index (χ3n) is 5.07. The number of rotatable bonds is 9. The summed E-state index contributed by atoms with van der Waals surface area (Å²) in [6.07, 6.45) is 0. The molecule has 2 aromatic rings. The lowest BCUT2D eigenvalue weighted by Gasteiger charge is -2.34. The normalized spacial score (nSPS) is 12.8. The number of halogens is 2. The Bertz CT molecular complexity index is 1150. The van der Waals surface area contributed by atoms with E-state index < -0.39 is 46.0 Å². The van der Waals surface area contributed by atoms with E-state index in [9.17, 15) is 22.4 Å². The average Bonchev–Trinajstić information content (AvgIpc) is 2.75. The molecule has 0 fully saturated rings. The van der Waals surface area contributed by atoms with Crippen molar-refractivity contribution in [2.75, 3.05) is 24.9 Å². The van der Waals surface area contributed by atoms with Crippen molar-refractivity contribution in [3.8, 4) is 0 Å². The number of nitrogens with zero attached hydrogens (tertiary/aromatic N) is 3. The number of hydrogen-bond acceptors (Lipinski definition) is 4. The Morgan fingerprint density at radius 2 is 1.63 bits per heavy atom. The van der Waals surface area contributed by atoms with Crippen LogP contribution in [0.5, 0.6) is 0 Å². The van der Waals surface area contributed by atoms with Crippen LogP contribution in [0.25, 0.3) is 0 Å². The number of benzene rings is 2. The van der Waals surface area contributed by atoms with E-state index in [2.05, 4.69) is 21.2 Å². The van der Waals surface area contributed by atoms with E-state index in [0.29, 0.717) is 4.31 Å². The van der Waals surface area contributed by atoms with Crippen LogP contribution in [-0.4, -0.2) is 61.7 Å². The largest absolute Gasteiger partial charge is 0.350 e. The van der Waals surface area contributed by atoms with Crippen molar-refractivity contribution >= 4 is 43.6 Å². The number of amides is 2. The minimum absolute atomic E-state index is 0.0535. The topological polar surface area (TPSA) is 90.0 Å². The molecule has 0 spiro atoms. The highest BCUT2D eigenvalue weighted by Gasteiger charge is 2.34. The first-order chi connectivity index (χ1) is 16.1. The van der Waals surface area contributed by atoms with Crippen LogP contribution in [0.15, 0.2) is 53.0 Å². The first kappa shape index (κ1) is 28.7. The van der Waals surface area contributed by atoms with Gasteiger partial charge in [0.25, 0.3) is 0 Å². The van der Waals surface area contributed by atoms with E-state index in [1.807, 2.05) is 20.8 Å². The van der Waals surface area contributed by atoms with Crippen LogP contribution >= 0.6 is 15.9 Å². The highest BCUT2D eigenvalue weighted by Crippen LogP contribution is 2.24. The molecule has 1 atom stereocenters. The number of para-hydroxylation sites is 1. The summed E-state index contributed by atoms with van der Waals surface area (Å²) in [5.41, 5.74) is -0.0553. The third-order valence-corrected chi connectivity index (χ3v) is 7.41. The van der Waals surface area contributed by atoms with Crippen molar-refractivity contribution in [2.45, 2.75) is 45.8 Å². The molecular formula is C24H32BrFN4O4S. The Kier molecular flexibility index (Phi) is 9.43. The van der Waals surface area contributed by atoms with Crippen LogP contribution in [0.2, 0.25) is 0 Å². The molecule has 2 aromatic carbocycles. The van der Waals surface area contributed by atoms with Gasteiger partial charge < -0.3 is 10.2 Å². The van der Waals surface area contributed by atoms with E-state index >= 15 is 0 Å². The summed E-state index contributed by atoms with van der Waals surface area (Å²) in [7, 11) is -1.63. The molecule has 0 aromatic heterocycles. The molecule has 0 saturated heterocycles. The Morgan fingerprint density at radius 1 is 1.06 bits per heavy atom. The fourth-order valence-corrected chi connectivity index (χ4v) is 4.53. The summed E-state index contributed by atoms with van der Waals surface area (Å²) in [6, 6.07) is 11.6. The Balaban J connectivity index is 2.48. The van der Waals surface area contributed by atoms with Gasteiger partial charge in [-0.25, -0.2) is 8.70 Å². The van der Waals surface area contributed by atoms with Gasteiger partial charge in [0, 0.05) is 30.7 Å². The molecule has 11 heteroatoms. The van der Waals surface area contributed by atoms with Crippen molar-refractivity contribution in [3.63, 3.8) is 0 Å². The molecule has 0 heterocycles. The van der Waals surface area contributed by atoms with Crippen molar-refractivity contribution in [1.82, 2.24) is 14.5 Å². The molecule has 0 aliphatic carbocycles. The molecular weight excluding hydrogens is 539 g/mol. The van der Waals surface area contributed by atoms with E-state index in [1.165, 1.54) is 37.2 Å². The number of anilines is 1. The van der Waals surface area contributed by atoms with Crippen molar-refractivity contribution in [1.29, 1.82) is 0 Å². The lowest BCUT2D eigenvalue weighted by molar-refractivity contribution is -0.140. The second kappa shape index (κ2) is 11.5. The highest BCUT2D eigenvalue weighted by atomic mass is 79.9. The van der Waals surface area contributed by atoms with E-state index in [0.717, 1.165) is 20.4 Å². The summed E-state index contributed by atoms with van der Waals surface area (Å²) in [5, 5.41) is 2.85. The second-order valence-corrected chi connectivity index (χ2v) is 12.3. The summed E-state index contributed by atoms with van der Waals surface area (Å²) < 4.78 is 43.2. The fourth-order valence-electron chi connectivity index (χ4n) is 3.20. The fraction of sp³-hybridized carbons (Fsp3) is 0.417. The molecule has 35 heavy (non-hydrogen) atoms. The smallest absolute Gasteiger partial charge is 0.304 e. The zero-order valence-corrected chi connectivity index (χ0v) is 23.2. The quantitative estimate of drug-likeness (QED) is 0.499. The van der Waals surface area contributed by atoms with Crippen molar-refractivity contribution in [2.24, 2.45) is 0 Å². The van der Waals surface area contributed by atoms with Crippen molar-refractivity contribution < 1.29 is 22.4 Å². The van der Waals surface area contributed by atoms with E-state index in [4.69, 9.17) is 0 Å². The molecule has 0 aliphatic rings. The van der Waals surface area contributed by atoms with Gasteiger partial charge in [-0.2, -0.15) is 12.7 Å². The van der Waals surface area contributed by atoms with Gasteiger partial charge in [0.15, 0.2) is 0 Å². The Labute approximate surface area is 215 Å². The second-order valence-electron chi connectivity index (χ2n) is 9.31. The number of hydrogen-bond donors (Lipinski definition) is 1. The standard InChI is InChI=1S/C24H32BrFN4O4S/c1-17(23(32)27-24(2,3)4)29(15-18-11-13-19(25)14-12-18)22(31)16-30(35(33,34)28(5)6)21-10-8-7-9-20(21)26/h7-14,17H,15-16H2,1-6H3,(H,27,32)/t17-/m1/s1. The predicted molar refractivity (Wildman–Crippen MR) is 138 cm³/mol. The van der Waals surface area contributed by atoms with Gasteiger partial charge in [-0.05, 0) is 57.5 Å². The average molecular weight is 572 g/mol. The van der Waals surface area contributed by atoms with Gasteiger partial charge in [-0.15, -0.1) is 0 Å². The predicted octanol–water partition coefficient (Wildman–Crippen LogP) is 3.53. The molecule has 8 nitrogen and oxygen atoms in total. The zero-order valence-electron chi connectivity index (χ0n) is 20.7. The highest BCUT2D eigenvalue weighted by molar-refractivity contribution is 9.10. The van der Waals surface area contributed by atoms with E-state index in [1.54, 1.807) is 31.2 Å². The number of carbonyl (C=O) groups is 2. The molecule has 2 amide bonds. The Morgan fingerprint density at radius 3 is 2.14 bits per heavy atom. The maximum Gasteiger partial charge on any atom is 0.304 e. The summed E-state index contributed by atoms with van der Waals surface area (Å²) in [5.74, 6) is -1.84. The summed E-state index contributed by atoms with van der Waals surface area (Å²) >= 11 is 3.37. The van der Waals surface area contributed by atoms with Gasteiger partial charge >= 0.3 is 10.2 Å². The molecule has 0 aliphatic heterocycles. The lowest BCUT2D eigenvalue weighted by atomic mass is 10.1. The molecule has 0 unspecified atom stereocenters. The minimum atomic E-state index is -4.22. The van der Waals surface area contributed by atoms with Crippen LogP contribution in [0.4, 0.5) is 10.1 Å². The van der Waals surface area contributed by atoms with Crippen LogP contribution < -0.4 is 9.62 Å². The van der Waals surface area contributed by atoms with Crippen molar-refractivity contribution in [3.05, 3.63) is 64.4 Å². The number of nitrogens with one attached hydrogen (secondary N) is 1. The van der Waals surface area contributed by atoms with Crippen LogP contribution in [-0.2, 0) is 26.3 Å². The van der Waals surface area contributed by atoms with Crippen LogP contribution in [0.1, 0.15) is 33.3 Å². The molecule has 0 saturated carbocycles. The van der Waals surface area contributed by atoms with Gasteiger partial charge in [0.2, 0.25) is 11.8 Å². The molecule has 0 radical (unpaired) electrons. The first-order valence-electron chi connectivity index (χ1n) is 10.9. The van der Waals surface area contributed by atoms with Crippen LogP contribution in [0.3, 0.4) is 0 Å².